The molecule has 76 valence electrons. The molecule has 0 aliphatic heterocycles. The highest BCUT2D eigenvalue weighted by Gasteiger charge is 2.08. The van der Waals surface area contributed by atoms with Crippen molar-refractivity contribution >= 4 is 5.69 Å². The summed E-state index contributed by atoms with van der Waals surface area (Å²) >= 11 is 0. The first kappa shape index (κ1) is 9.65. The van der Waals surface area contributed by atoms with Crippen molar-refractivity contribution in [2.75, 3.05) is 5.73 Å². The molecule has 0 unspecified atom stereocenters. The average Bonchev–Trinajstić information content (AvgIpc) is 2.23. The summed E-state index contributed by atoms with van der Waals surface area (Å²) in [6, 6.07) is 6.60. The standard InChI is InChI=1S/C12H11FN2/c1-8-10(6-15-7-12(8)14)9-4-2-3-5-11(9)13/h2-7H,14H2,1H3. The minimum absolute atomic E-state index is 0.256. The van der Waals surface area contributed by atoms with Crippen LogP contribution >= 0.6 is 0 Å². The number of nitrogens with zero attached hydrogens (tertiary/aromatic N) is 1. The van der Waals surface area contributed by atoms with Gasteiger partial charge in [0.1, 0.15) is 5.82 Å². The highest BCUT2D eigenvalue weighted by molar-refractivity contribution is 5.71. The van der Waals surface area contributed by atoms with Gasteiger partial charge >= 0.3 is 0 Å². The lowest BCUT2D eigenvalue weighted by atomic mass is 10.0. The topological polar surface area (TPSA) is 38.9 Å². The third-order valence-corrected chi connectivity index (χ3v) is 2.42. The molecule has 1 aromatic heterocycles. The maximum Gasteiger partial charge on any atom is 0.131 e. The molecular weight excluding hydrogens is 191 g/mol. The van der Waals surface area contributed by atoms with E-state index < -0.39 is 0 Å². The van der Waals surface area contributed by atoms with Crippen LogP contribution in [0.5, 0.6) is 0 Å². The number of nitrogen functional groups attached to an aromatic ring is 1. The van der Waals surface area contributed by atoms with E-state index in [0.29, 0.717) is 11.3 Å². The van der Waals surface area contributed by atoms with E-state index in [9.17, 15) is 4.39 Å². The Morgan fingerprint density at radius 3 is 2.60 bits per heavy atom. The maximum absolute atomic E-state index is 13.5. The third-order valence-electron chi connectivity index (χ3n) is 2.42. The molecule has 2 nitrogen and oxygen atoms in total. The zero-order valence-electron chi connectivity index (χ0n) is 8.37. The Balaban J connectivity index is 2.65. The smallest absolute Gasteiger partial charge is 0.131 e. The van der Waals surface area contributed by atoms with Crippen LogP contribution < -0.4 is 5.73 Å². The highest BCUT2D eigenvalue weighted by atomic mass is 19.1. The first-order valence-corrected chi connectivity index (χ1v) is 4.65. The summed E-state index contributed by atoms with van der Waals surface area (Å²) in [6.07, 6.45) is 3.20. The normalized spacial score (nSPS) is 10.3. The van der Waals surface area contributed by atoms with Gasteiger partial charge in [-0.2, -0.15) is 0 Å². The van der Waals surface area contributed by atoms with E-state index in [2.05, 4.69) is 4.98 Å². The van der Waals surface area contributed by atoms with Crippen LogP contribution in [0.4, 0.5) is 10.1 Å². The summed E-state index contributed by atoms with van der Waals surface area (Å²) < 4.78 is 13.5. The van der Waals surface area contributed by atoms with E-state index in [4.69, 9.17) is 5.73 Å². The van der Waals surface area contributed by atoms with Gasteiger partial charge in [0, 0.05) is 17.3 Å². The first-order chi connectivity index (χ1) is 7.20. The van der Waals surface area contributed by atoms with Crippen LogP contribution in [0.15, 0.2) is 36.7 Å². The molecule has 2 rings (SSSR count). The van der Waals surface area contributed by atoms with Crippen LogP contribution in [0.3, 0.4) is 0 Å². The molecule has 15 heavy (non-hydrogen) atoms. The molecule has 1 aromatic carbocycles. The number of halogens is 1. The molecule has 0 fully saturated rings. The van der Waals surface area contributed by atoms with Crippen molar-refractivity contribution in [2.45, 2.75) is 6.92 Å². The predicted molar refractivity (Wildman–Crippen MR) is 58.8 cm³/mol. The first-order valence-electron chi connectivity index (χ1n) is 4.65. The van der Waals surface area contributed by atoms with Crippen molar-refractivity contribution in [3.8, 4) is 11.1 Å². The van der Waals surface area contributed by atoms with Crippen LogP contribution in [0.2, 0.25) is 0 Å². The van der Waals surface area contributed by atoms with Gasteiger partial charge in [0.15, 0.2) is 0 Å². The number of anilines is 1. The molecular formula is C12H11FN2. The number of aromatic nitrogens is 1. The van der Waals surface area contributed by atoms with Gasteiger partial charge in [-0.25, -0.2) is 4.39 Å². The van der Waals surface area contributed by atoms with E-state index in [-0.39, 0.29) is 5.82 Å². The molecule has 0 amide bonds. The molecule has 1 heterocycles. The Morgan fingerprint density at radius 1 is 1.13 bits per heavy atom. The maximum atomic E-state index is 13.5. The molecule has 0 aliphatic carbocycles. The second kappa shape index (κ2) is 3.69. The van der Waals surface area contributed by atoms with Crippen molar-refractivity contribution in [1.82, 2.24) is 4.98 Å². The summed E-state index contributed by atoms with van der Waals surface area (Å²) in [5, 5.41) is 0. The number of benzene rings is 1. The van der Waals surface area contributed by atoms with Gasteiger partial charge in [0.2, 0.25) is 0 Å². The van der Waals surface area contributed by atoms with E-state index in [1.54, 1.807) is 30.6 Å². The van der Waals surface area contributed by atoms with Crippen molar-refractivity contribution in [2.24, 2.45) is 0 Å². The fourth-order valence-corrected chi connectivity index (χ4v) is 1.49. The van der Waals surface area contributed by atoms with Gasteiger partial charge in [0.25, 0.3) is 0 Å². The fraction of sp³-hybridized carbons (Fsp3) is 0.0833. The molecule has 0 bridgehead atoms. The van der Waals surface area contributed by atoms with Crippen LogP contribution in [0.25, 0.3) is 11.1 Å². The van der Waals surface area contributed by atoms with Gasteiger partial charge in [-0.3, -0.25) is 4.98 Å². The fourth-order valence-electron chi connectivity index (χ4n) is 1.49. The van der Waals surface area contributed by atoms with Crippen LogP contribution in [0, 0.1) is 12.7 Å². The van der Waals surface area contributed by atoms with E-state index in [1.807, 2.05) is 6.92 Å². The van der Waals surface area contributed by atoms with Crippen LogP contribution in [-0.4, -0.2) is 4.98 Å². The van der Waals surface area contributed by atoms with Crippen LogP contribution in [-0.2, 0) is 0 Å². The summed E-state index contributed by atoms with van der Waals surface area (Å²) in [6.45, 7) is 1.86. The SMILES string of the molecule is Cc1c(N)cncc1-c1ccccc1F. The zero-order chi connectivity index (χ0) is 10.8. The third kappa shape index (κ3) is 1.68. The minimum atomic E-state index is -0.256. The molecule has 0 radical (unpaired) electrons. The van der Waals surface area contributed by atoms with Crippen molar-refractivity contribution in [1.29, 1.82) is 0 Å². The number of nitrogens with two attached hydrogens (primary N) is 1. The summed E-state index contributed by atoms with van der Waals surface area (Å²) in [5.41, 5.74) is 8.44. The second-order valence-electron chi connectivity index (χ2n) is 3.38. The monoisotopic (exact) mass is 202 g/mol. The lowest BCUT2D eigenvalue weighted by Crippen LogP contribution is -1.95. The van der Waals surface area contributed by atoms with Crippen LogP contribution in [0.1, 0.15) is 5.56 Å². The predicted octanol–water partition coefficient (Wildman–Crippen LogP) is 2.78. The van der Waals surface area contributed by atoms with E-state index >= 15 is 0 Å². The summed E-state index contributed by atoms with van der Waals surface area (Å²) in [4.78, 5) is 3.97. The molecule has 0 saturated carbocycles. The molecule has 0 spiro atoms. The molecule has 0 saturated heterocycles. The van der Waals surface area contributed by atoms with Crippen molar-refractivity contribution < 1.29 is 4.39 Å². The Morgan fingerprint density at radius 2 is 1.87 bits per heavy atom. The summed E-state index contributed by atoms with van der Waals surface area (Å²) in [5.74, 6) is -0.256. The summed E-state index contributed by atoms with van der Waals surface area (Å²) in [7, 11) is 0. The quantitative estimate of drug-likeness (QED) is 0.772. The van der Waals surface area contributed by atoms with Gasteiger partial charge in [-0.05, 0) is 18.6 Å². The Labute approximate surface area is 87.6 Å². The highest BCUT2D eigenvalue weighted by Crippen LogP contribution is 2.27. The zero-order valence-corrected chi connectivity index (χ0v) is 8.37. The van der Waals surface area contributed by atoms with E-state index in [1.165, 1.54) is 6.07 Å². The Bertz CT molecular complexity index is 495. The largest absolute Gasteiger partial charge is 0.397 e. The van der Waals surface area contributed by atoms with E-state index in [0.717, 1.165) is 11.1 Å². The Hall–Kier alpha value is -1.90. The van der Waals surface area contributed by atoms with Gasteiger partial charge < -0.3 is 5.73 Å². The van der Waals surface area contributed by atoms with Crippen molar-refractivity contribution in [3.05, 3.63) is 48.0 Å². The molecule has 0 atom stereocenters. The van der Waals surface area contributed by atoms with Gasteiger partial charge in [-0.15, -0.1) is 0 Å². The lowest BCUT2D eigenvalue weighted by molar-refractivity contribution is 0.631. The molecule has 0 aliphatic rings. The number of hydrogen-bond donors (Lipinski definition) is 1. The number of pyridine rings is 1. The molecule has 2 N–H and O–H groups in total. The average molecular weight is 202 g/mol. The van der Waals surface area contributed by atoms with Gasteiger partial charge in [-0.1, -0.05) is 18.2 Å². The number of hydrogen-bond acceptors (Lipinski definition) is 2. The molecule has 3 heteroatoms. The second-order valence-corrected chi connectivity index (χ2v) is 3.38. The van der Waals surface area contributed by atoms with Crippen molar-refractivity contribution in [3.63, 3.8) is 0 Å². The minimum Gasteiger partial charge on any atom is -0.397 e. The number of rotatable bonds is 1. The Kier molecular flexibility index (Phi) is 2.37. The lowest BCUT2D eigenvalue weighted by Gasteiger charge is -2.08. The van der Waals surface area contributed by atoms with Gasteiger partial charge in [0.05, 0.1) is 11.9 Å². The molecule has 2 aromatic rings.